The van der Waals surface area contributed by atoms with E-state index < -0.39 is 0 Å². The highest BCUT2D eigenvalue weighted by atomic mass is 16.1. The highest BCUT2D eigenvalue weighted by Crippen LogP contribution is 2.24. The quantitative estimate of drug-likeness (QED) is 0.588. The van der Waals surface area contributed by atoms with E-state index in [1.54, 1.807) is 6.20 Å². The summed E-state index contributed by atoms with van der Waals surface area (Å²) in [6, 6.07) is 9.85. The highest BCUT2D eigenvalue weighted by molar-refractivity contribution is 6.05. The van der Waals surface area contributed by atoms with E-state index in [1.165, 1.54) is 0 Å². The van der Waals surface area contributed by atoms with Gasteiger partial charge >= 0.3 is 0 Å². The van der Waals surface area contributed by atoms with Crippen LogP contribution in [-0.2, 0) is 13.0 Å². The molecule has 25 heavy (non-hydrogen) atoms. The Kier molecular flexibility index (Phi) is 4.03. The molecule has 0 unspecified atom stereocenters. The molecule has 0 aliphatic carbocycles. The van der Waals surface area contributed by atoms with Gasteiger partial charge in [0.25, 0.3) is 5.56 Å². The predicted molar refractivity (Wildman–Crippen MR) is 98.5 cm³/mol. The Hall–Kier alpha value is -2.99. The fourth-order valence-corrected chi connectivity index (χ4v) is 3.12. The second-order valence-electron chi connectivity index (χ2n) is 6.20. The van der Waals surface area contributed by atoms with E-state index in [0.29, 0.717) is 12.1 Å². The molecule has 6 heteroatoms. The van der Waals surface area contributed by atoms with E-state index in [0.717, 1.165) is 40.6 Å². The number of likely N-dealkylation sites (N-methyl/N-ethyl adjacent to an activating group) is 1. The summed E-state index contributed by atoms with van der Waals surface area (Å²) in [6.07, 6.45) is 6.25. The predicted octanol–water partition coefficient (Wildman–Crippen LogP) is 2.47. The Morgan fingerprint density at radius 2 is 1.92 bits per heavy atom. The number of hydrogen-bond donors (Lipinski definition) is 2. The highest BCUT2D eigenvalue weighted by Gasteiger charge is 2.13. The normalized spacial score (nSPS) is 11.6. The van der Waals surface area contributed by atoms with E-state index >= 15 is 0 Å². The zero-order chi connectivity index (χ0) is 17.2. The first-order chi connectivity index (χ1) is 12.2. The molecule has 2 N–H and O–H groups in total. The molecule has 0 amide bonds. The molecule has 0 fully saturated rings. The monoisotopic (exact) mass is 333 g/mol. The summed E-state index contributed by atoms with van der Waals surface area (Å²) in [5, 5.41) is 1.91. The molecule has 4 rings (SSSR count). The van der Waals surface area contributed by atoms with Crippen molar-refractivity contribution < 1.29 is 0 Å². The number of aromatic amines is 2. The van der Waals surface area contributed by atoms with Gasteiger partial charge in [-0.2, -0.15) is 0 Å². The standard InChI is InChI=1S/C19H19N5O/c1-24(11-7-13-4-2-3-8-20-13)12-16-17-14(5-9-21-17)15-6-10-22-19(25)18(15)23-16/h2-6,8-10,21H,7,11-12H2,1H3,(H,22,25). The molecule has 0 saturated carbocycles. The minimum atomic E-state index is -0.155. The van der Waals surface area contributed by atoms with Crippen LogP contribution in [0, 0.1) is 0 Å². The van der Waals surface area contributed by atoms with Crippen LogP contribution in [0.15, 0.2) is 53.7 Å². The average Bonchev–Trinajstić information content (AvgIpc) is 3.12. The van der Waals surface area contributed by atoms with Gasteiger partial charge in [0.05, 0.1) is 11.2 Å². The number of nitrogens with one attached hydrogen (secondary N) is 2. The zero-order valence-corrected chi connectivity index (χ0v) is 14.0. The number of rotatable bonds is 5. The number of pyridine rings is 3. The lowest BCUT2D eigenvalue weighted by Crippen LogP contribution is -2.22. The van der Waals surface area contributed by atoms with Gasteiger partial charge < -0.3 is 14.9 Å². The van der Waals surface area contributed by atoms with Gasteiger partial charge in [-0.3, -0.25) is 9.78 Å². The van der Waals surface area contributed by atoms with Crippen LogP contribution in [0.25, 0.3) is 21.8 Å². The average molecular weight is 333 g/mol. The molecule has 6 nitrogen and oxygen atoms in total. The molecule has 0 aliphatic rings. The molecule has 0 bridgehead atoms. The summed E-state index contributed by atoms with van der Waals surface area (Å²) < 4.78 is 0. The number of hydrogen-bond acceptors (Lipinski definition) is 4. The van der Waals surface area contributed by atoms with Crippen molar-refractivity contribution in [3.8, 4) is 0 Å². The molecule has 0 aromatic carbocycles. The van der Waals surface area contributed by atoms with Crippen molar-refractivity contribution in [2.45, 2.75) is 13.0 Å². The van der Waals surface area contributed by atoms with Gasteiger partial charge in [-0.25, -0.2) is 4.98 Å². The third-order valence-corrected chi connectivity index (χ3v) is 4.40. The topological polar surface area (TPSA) is 77.7 Å². The Balaban J connectivity index is 1.63. The van der Waals surface area contributed by atoms with Crippen molar-refractivity contribution >= 4 is 21.8 Å². The van der Waals surface area contributed by atoms with E-state index in [9.17, 15) is 4.79 Å². The van der Waals surface area contributed by atoms with Crippen LogP contribution in [0.1, 0.15) is 11.4 Å². The lowest BCUT2D eigenvalue weighted by molar-refractivity contribution is 0.327. The summed E-state index contributed by atoms with van der Waals surface area (Å²) in [5.41, 5.74) is 3.28. The van der Waals surface area contributed by atoms with Crippen LogP contribution in [0.4, 0.5) is 0 Å². The van der Waals surface area contributed by atoms with Crippen molar-refractivity contribution in [3.63, 3.8) is 0 Å². The number of nitrogens with zero attached hydrogens (tertiary/aromatic N) is 3. The molecular formula is C19H19N5O. The number of H-pyrrole nitrogens is 2. The first-order valence-electron chi connectivity index (χ1n) is 8.28. The molecular weight excluding hydrogens is 314 g/mol. The van der Waals surface area contributed by atoms with E-state index in [4.69, 9.17) is 0 Å². The molecule has 126 valence electrons. The smallest absolute Gasteiger partial charge is 0.274 e. The van der Waals surface area contributed by atoms with Gasteiger partial charge in [0.2, 0.25) is 0 Å². The summed E-state index contributed by atoms with van der Waals surface area (Å²) in [6.45, 7) is 1.53. The maximum atomic E-state index is 12.1. The van der Waals surface area contributed by atoms with Crippen molar-refractivity contribution in [1.82, 2.24) is 24.8 Å². The SMILES string of the molecule is CN(CCc1ccccn1)Cc1nc2c(=O)[nH]ccc2c2cc[nH]c12. The van der Waals surface area contributed by atoms with Crippen molar-refractivity contribution in [2.75, 3.05) is 13.6 Å². The van der Waals surface area contributed by atoms with Crippen LogP contribution in [-0.4, -0.2) is 38.4 Å². The summed E-state index contributed by atoms with van der Waals surface area (Å²) in [5.74, 6) is 0. The van der Waals surface area contributed by atoms with Gasteiger partial charge in [-0.15, -0.1) is 0 Å². The maximum absolute atomic E-state index is 12.1. The lowest BCUT2D eigenvalue weighted by atomic mass is 10.1. The van der Waals surface area contributed by atoms with Crippen molar-refractivity contribution in [1.29, 1.82) is 0 Å². The third kappa shape index (κ3) is 3.04. The molecule has 0 atom stereocenters. The van der Waals surface area contributed by atoms with Gasteiger partial charge in [0.15, 0.2) is 0 Å². The Bertz CT molecular complexity index is 1070. The first-order valence-corrected chi connectivity index (χ1v) is 8.28. The molecule has 0 spiro atoms. The second-order valence-corrected chi connectivity index (χ2v) is 6.20. The van der Waals surface area contributed by atoms with E-state index in [1.807, 2.05) is 42.7 Å². The van der Waals surface area contributed by atoms with Crippen molar-refractivity contribution in [2.24, 2.45) is 0 Å². The molecule has 4 heterocycles. The molecule has 4 aromatic rings. The molecule has 0 radical (unpaired) electrons. The Morgan fingerprint density at radius 3 is 2.76 bits per heavy atom. The summed E-state index contributed by atoms with van der Waals surface area (Å²) >= 11 is 0. The minimum absolute atomic E-state index is 0.155. The number of fused-ring (bicyclic) bond motifs is 3. The number of aromatic nitrogens is 4. The molecule has 0 aliphatic heterocycles. The third-order valence-electron chi connectivity index (χ3n) is 4.40. The Labute approximate surface area is 144 Å². The summed E-state index contributed by atoms with van der Waals surface area (Å²) in [7, 11) is 2.05. The summed E-state index contributed by atoms with van der Waals surface area (Å²) in [4.78, 5) is 29.3. The lowest BCUT2D eigenvalue weighted by Gasteiger charge is -2.17. The molecule has 4 aromatic heterocycles. The van der Waals surface area contributed by atoms with Crippen LogP contribution >= 0.6 is 0 Å². The van der Waals surface area contributed by atoms with Crippen molar-refractivity contribution in [3.05, 3.63) is 70.7 Å². The zero-order valence-electron chi connectivity index (χ0n) is 14.0. The minimum Gasteiger partial charge on any atom is -0.360 e. The van der Waals surface area contributed by atoms with Crippen LogP contribution in [0.5, 0.6) is 0 Å². The van der Waals surface area contributed by atoms with Crippen LogP contribution in [0.3, 0.4) is 0 Å². The van der Waals surface area contributed by atoms with Gasteiger partial charge in [0.1, 0.15) is 5.52 Å². The van der Waals surface area contributed by atoms with Gasteiger partial charge in [-0.05, 0) is 31.3 Å². The van der Waals surface area contributed by atoms with Gasteiger partial charge in [-0.1, -0.05) is 6.07 Å². The first kappa shape index (κ1) is 15.5. The largest absolute Gasteiger partial charge is 0.360 e. The van der Waals surface area contributed by atoms with Crippen LogP contribution < -0.4 is 5.56 Å². The maximum Gasteiger partial charge on any atom is 0.274 e. The Morgan fingerprint density at radius 1 is 1.08 bits per heavy atom. The van der Waals surface area contributed by atoms with Gasteiger partial charge in [0, 0.05) is 54.6 Å². The van der Waals surface area contributed by atoms with E-state index in [2.05, 4.69) is 31.9 Å². The second kappa shape index (κ2) is 6.49. The molecule has 0 saturated heterocycles. The fourth-order valence-electron chi connectivity index (χ4n) is 3.12. The fraction of sp³-hybridized carbons (Fsp3) is 0.211. The van der Waals surface area contributed by atoms with Crippen LogP contribution in [0.2, 0.25) is 0 Å². The van der Waals surface area contributed by atoms with E-state index in [-0.39, 0.29) is 5.56 Å².